The molecule has 15 heavy (non-hydrogen) atoms. The molecule has 4 atom stereocenters. The van der Waals surface area contributed by atoms with Crippen molar-refractivity contribution in [1.29, 1.82) is 0 Å². The molecule has 2 bridgehead atoms. The molecule has 2 saturated heterocycles. The lowest BCUT2D eigenvalue weighted by atomic mass is 9.83. The fraction of sp³-hybridized carbons (Fsp3) is 0.538. The summed E-state index contributed by atoms with van der Waals surface area (Å²) in [5.74, 6) is 0.296. The Kier molecular flexibility index (Phi) is 2.26. The fourth-order valence-corrected chi connectivity index (χ4v) is 3.16. The molecule has 0 aliphatic carbocycles. The fourth-order valence-electron chi connectivity index (χ4n) is 3.16. The van der Waals surface area contributed by atoms with Crippen molar-refractivity contribution in [1.82, 2.24) is 5.32 Å². The summed E-state index contributed by atoms with van der Waals surface area (Å²) in [6, 6.07) is 11.5. The van der Waals surface area contributed by atoms with E-state index >= 15 is 0 Å². The number of piperidine rings is 1. The lowest BCUT2D eigenvalue weighted by Crippen LogP contribution is -2.46. The van der Waals surface area contributed by atoms with E-state index in [4.69, 9.17) is 0 Å². The van der Waals surface area contributed by atoms with Crippen molar-refractivity contribution in [3.05, 3.63) is 35.9 Å². The number of benzene rings is 1. The quantitative estimate of drug-likeness (QED) is 0.727. The molecule has 0 amide bonds. The Balaban J connectivity index is 1.91. The van der Waals surface area contributed by atoms with Crippen LogP contribution < -0.4 is 5.32 Å². The third kappa shape index (κ3) is 1.58. The molecule has 80 valence electrons. The predicted octanol–water partition coefficient (Wildman–Crippen LogP) is 1.66. The summed E-state index contributed by atoms with van der Waals surface area (Å²) in [6.07, 6.45) is 3.19. The smallest absolute Gasteiger partial charge is 0.0638 e. The van der Waals surface area contributed by atoms with E-state index in [2.05, 4.69) is 29.6 Å². The van der Waals surface area contributed by atoms with Crippen LogP contribution in [-0.2, 0) is 0 Å². The van der Waals surface area contributed by atoms with Gasteiger partial charge in [0.2, 0.25) is 0 Å². The summed E-state index contributed by atoms with van der Waals surface area (Å²) >= 11 is 0. The minimum Gasteiger partial charge on any atom is -0.392 e. The SMILES string of the molecule is O[C@H]1C[C@H]2CC[C@@H](N2)[C@H]1c1ccccc1. The van der Waals surface area contributed by atoms with E-state index in [1.165, 1.54) is 18.4 Å². The van der Waals surface area contributed by atoms with Gasteiger partial charge in [0, 0.05) is 18.0 Å². The summed E-state index contributed by atoms with van der Waals surface area (Å²) < 4.78 is 0. The molecule has 0 aromatic heterocycles. The molecule has 0 unspecified atom stereocenters. The van der Waals surface area contributed by atoms with Gasteiger partial charge in [-0.3, -0.25) is 0 Å². The van der Waals surface area contributed by atoms with Gasteiger partial charge in [0.05, 0.1) is 6.10 Å². The average molecular weight is 203 g/mol. The second-order valence-corrected chi connectivity index (χ2v) is 4.79. The van der Waals surface area contributed by atoms with Crippen molar-refractivity contribution in [2.24, 2.45) is 0 Å². The van der Waals surface area contributed by atoms with Gasteiger partial charge in [-0.05, 0) is 24.8 Å². The zero-order valence-corrected chi connectivity index (χ0v) is 8.76. The first kappa shape index (κ1) is 9.37. The first-order valence-electron chi connectivity index (χ1n) is 5.83. The summed E-state index contributed by atoms with van der Waals surface area (Å²) in [5.41, 5.74) is 1.28. The maximum Gasteiger partial charge on any atom is 0.0638 e. The molecular weight excluding hydrogens is 186 g/mol. The Bertz CT molecular complexity index is 338. The highest BCUT2D eigenvalue weighted by atomic mass is 16.3. The zero-order chi connectivity index (χ0) is 10.3. The largest absolute Gasteiger partial charge is 0.392 e. The monoisotopic (exact) mass is 203 g/mol. The highest BCUT2D eigenvalue weighted by molar-refractivity contribution is 5.25. The predicted molar refractivity (Wildman–Crippen MR) is 59.8 cm³/mol. The van der Waals surface area contributed by atoms with E-state index in [0.717, 1.165) is 6.42 Å². The topological polar surface area (TPSA) is 32.3 Å². The van der Waals surface area contributed by atoms with Crippen molar-refractivity contribution in [2.75, 3.05) is 0 Å². The van der Waals surface area contributed by atoms with Crippen LogP contribution in [0.4, 0.5) is 0 Å². The third-order valence-corrected chi connectivity index (χ3v) is 3.83. The van der Waals surface area contributed by atoms with Gasteiger partial charge in [-0.1, -0.05) is 30.3 Å². The van der Waals surface area contributed by atoms with Crippen molar-refractivity contribution in [3.63, 3.8) is 0 Å². The first-order valence-corrected chi connectivity index (χ1v) is 5.83. The molecule has 2 heteroatoms. The molecule has 0 spiro atoms. The average Bonchev–Trinajstić information content (AvgIpc) is 2.62. The lowest BCUT2D eigenvalue weighted by molar-refractivity contribution is 0.0893. The van der Waals surface area contributed by atoms with Crippen LogP contribution in [0.15, 0.2) is 30.3 Å². The molecule has 2 heterocycles. The summed E-state index contributed by atoms with van der Waals surface area (Å²) in [4.78, 5) is 0. The van der Waals surface area contributed by atoms with Crippen LogP contribution in [0.1, 0.15) is 30.7 Å². The standard InChI is InChI=1S/C13H17NO/c15-12-8-10-6-7-11(14-10)13(12)9-4-2-1-3-5-9/h1-5,10-15H,6-8H2/t10-,11-,12+,13-/m1/s1. The summed E-state index contributed by atoms with van der Waals surface area (Å²) in [7, 11) is 0. The zero-order valence-electron chi connectivity index (χ0n) is 8.76. The van der Waals surface area contributed by atoms with Crippen LogP contribution in [0.5, 0.6) is 0 Å². The van der Waals surface area contributed by atoms with Crippen molar-refractivity contribution in [2.45, 2.75) is 43.4 Å². The first-order chi connectivity index (χ1) is 7.34. The van der Waals surface area contributed by atoms with Crippen molar-refractivity contribution < 1.29 is 5.11 Å². The molecule has 0 radical (unpaired) electrons. The van der Waals surface area contributed by atoms with Crippen LogP contribution in [0, 0.1) is 0 Å². The van der Waals surface area contributed by atoms with Gasteiger partial charge in [-0.25, -0.2) is 0 Å². The minimum absolute atomic E-state index is 0.161. The van der Waals surface area contributed by atoms with E-state index < -0.39 is 0 Å². The summed E-state index contributed by atoms with van der Waals surface area (Å²) in [5, 5.41) is 13.8. The van der Waals surface area contributed by atoms with Crippen LogP contribution in [-0.4, -0.2) is 23.3 Å². The number of fused-ring (bicyclic) bond motifs is 2. The molecule has 2 aliphatic rings. The van der Waals surface area contributed by atoms with Crippen LogP contribution >= 0.6 is 0 Å². The van der Waals surface area contributed by atoms with Crippen molar-refractivity contribution in [3.8, 4) is 0 Å². The molecule has 2 fully saturated rings. The second kappa shape index (κ2) is 3.62. The molecule has 0 saturated carbocycles. The lowest BCUT2D eigenvalue weighted by Gasteiger charge is -2.35. The Morgan fingerprint density at radius 1 is 1.13 bits per heavy atom. The number of aliphatic hydroxyl groups excluding tert-OH is 1. The minimum atomic E-state index is -0.161. The summed E-state index contributed by atoms with van der Waals surface area (Å²) in [6.45, 7) is 0. The number of hydrogen-bond donors (Lipinski definition) is 2. The maximum atomic E-state index is 10.2. The van der Waals surface area contributed by atoms with Crippen LogP contribution in [0.2, 0.25) is 0 Å². The molecule has 2 aliphatic heterocycles. The van der Waals surface area contributed by atoms with E-state index in [-0.39, 0.29) is 6.10 Å². The van der Waals surface area contributed by atoms with E-state index in [1.54, 1.807) is 0 Å². The van der Waals surface area contributed by atoms with E-state index in [0.29, 0.717) is 18.0 Å². The van der Waals surface area contributed by atoms with Gasteiger partial charge < -0.3 is 10.4 Å². The maximum absolute atomic E-state index is 10.2. The Morgan fingerprint density at radius 3 is 2.73 bits per heavy atom. The molecule has 2 nitrogen and oxygen atoms in total. The van der Waals surface area contributed by atoms with E-state index in [9.17, 15) is 5.11 Å². The highest BCUT2D eigenvalue weighted by Gasteiger charge is 2.41. The Morgan fingerprint density at radius 2 is 1.93 bits per heavy atom. The van der Waals surface area contributed by atoms with Gasteiger partial charge >= 0.3 is 0 Å². The van der Waals surface area contributed by atoms with E-state index in [1.807, 2.05) is 6.07 Å². The van der Waals surface area contributed by atoms with Crippen LogP contribution in [0.25, 0.3) is 0 Å². The van der Waals surface area contributed by atoms with Crippen LogP contribution in [0.3, 0.4) is 0 Å². The second-order valence-electron chi connectivity index (χ2n) is 4.79. The third-order valence-electron chi connectivity index (χ3n) is 3.83. The highest BCUT2D eigenvalue weighted by Crippen LogP contribution is 2.37. The number of nitrogens with one attached hydrogen (secondary N) is 1. The molecule has 1 aromatic rings. The Labute approximate surface area is 90.3 Å². The van der Waals surface area contributed by atoms with Crippen molar-refractivity contribution >= 4 is 0 Å². The van der Waals surface area contributed by atoms with Gasteiger partial charge in [-0.15, -0.1) is 0 Å². The molecular formula is C13H17NO. The van der Waals surface area contributed by atoms with Gasteiger partial charge in [-0.2, -0.15) is 0 Å². The molecule has 1 aromatic carbocycles. The number of aliphatic hydroxyl groups is 1. The molecule has 3 rings (SSSR count). The van der Waals surface area contributed by atoms with Gasteiger partial charge in [0.15, 0.2) is 0 Å². The number of hydrogen-bond acceptors (Lipinski definition) is 2. The number of rotatable bonds is 1. The van der Waals surface area contributed by atoms with Gasteiger partial charge in [0.1, 0.15) is 0 Å². The Hall–Kier alpha value is -0.860. The molecule has 2 N–H and O–H groups in total. The van der Waals surface area contributed by atoms with Gasteiger partial charge in [0.25, 0.3) is 0 Å². The normalized spacial score (nSPS) is 39.3.